The van der Waals surface area contributed by atoms with Gasteiger partial charge in [-0.25, -0.2) is 0 Å². The summed E-state index contributed by atoms with van der Waals surface area (Å²) in [5.41, 5.74) is 0.680. The molecule has 1 aromatic carbocycles. The lowest BCUT2D eigenvalue weighted by Crippen LogP contribution is -2.44. The average Bonchev–Trinajstić information content (AvgIpc) is 2.99. The molecule has 0 saturated carbocycles. The molecular formula is C18H24ClN3O2. The molecule has 3 rings (SSSR count). The van der Waals surface area contributed by atoms with Crippen molar-refractivity contribution in [3.8, 4) is 0 Å². The fourth-order valence-corrected chi connectivity index (χ4v) is 3.13. The Balaban J connectivity index is 1.39. The number of piperazine rings is 1. The second-order valence-electron chi connectivity index (χ2n) is 6.40. The van der Waals surface area contributed by atoms with E-state index in [1.54, 1.807) is 24.3 Å². The van der Waals surface area contributed by atoms with Gasteiger partial charge < -0.3 is 19.5 Å². The molecule has 0 atom stereocenters. The van der Waals surface area contributed by atoms with Crippen LogP contribution in [0.3, 0.4) is 0 Å². The van der Waals surface area contributed by atoms with E-state index in [4.69, 9.17) is 16.0 Å². The molecule has 1 aliphatic heterocycles. The van der Waals surface area contributed by atoms with Gasteiger partial charge in [-0.15, -0.1) is 0 Å². The molecule has 2 heterocycles. The van der Waals surface area contributed by atoms with Gasteiger partial charge in [-0.2, -0.15) is 0 Å². The van der Waals surface area contributed by atoms with E-state index < -0.39 is 0 Å². The molecule has 1 aliphatic rings. The van der Waals surface area contributed by atoms with E-state index in [0.29, 0.717) is 22.9 Å². The lowest BCUT2D eigenvalue weighted by Gasteiger charge is -2.32. The number of hydrogen-bond acceptors (Lipinski definition) is 4. The van der Waals surface area contributed by atoms with Crippen LogP contribution in [0.1, 0.15) is 23.4 Å². The minimum atomic E-state index is -0.165. The monoisotopic (exact) mass is 349 g/mol. The van der Waals surface area contributed by atoms with Crippen LogP contribution in [-0.4, -0.2) is 62.0 Å². The average molecular weight is 350 g/mol. The van der Waals surface area contributed by atoms with Crippen LogP contribution >= 0.6 is 11.6 Å². The van der Waals surface area contributed by atoms with E-state index in [1.807, 2.05) is 0 Å². The number of carbonyl (C=O) groups excluding carboxylic acids is 1. The number of likely N-dealkylation sites (N-methyl/N-ethyl adjacent to an activating group) is 1. The first-order valence-electron chi connectivity index (χ1n) is 8.50. The van der Waals surface area contributed by atoms with Crippen molar-refractivity contribution in [2.75, 3.05) is 46.3 Å². The predicted octanol–water partition coefficient (Wildman–Crippen LogP) is 2.84. The second-order valence-corrected chi connectivity index (χ2v) is 6.84. The van der Waals surface area contributed by atoms with Gasteiger partial charge in [0.15, 0.2) is 5.76 Å². The van der Waals surface area contributed by atoms with Crippen molar-refractivity contribution in [2.24, 2.45) is 0 Å². The summed E-state index contributed by atoms with van der Waals surface area (Å²) >= 11 is 5.95. The highest BCUT2D eigenvalue weighted by molar-refractivity contribution is 6.31. The number of nitrogens with zero attached hydrogens (tertiary/aromatic N) is 2. The Labute approximate surface area is 147 Å². The van der Waals surface area contributed by atoms with Gasteiger partial charge >= 0.3 is 0 Å². The number of nitrogens with one attached hydrogen (secondary N) is 1. The lowest BCUT2D eigenvalue weighted by atomic mass is 10.2. The van der Waals surface area contributed by atoms with Gasteiger partial charge in [0.1, 0.15) is 5.58 Å². The second kappa shape index (κ2) is 8.01. The Kier molecular flexibility index (Phi) is 5.76. The zero-order chi connectivity index (χ0) is 16.9. The molecule has 0 unspecified atom stereocenters. The van der Waals surface area contributed by atoms with Gasteiger partial charge in [0.25, 0.3) is 5.91 Å². The van der Waals surface area contributed by atoms with Crippen LogP contribution in [0.25, 0.3) is 11.0 Å². The summed E-state index contributed by atoms with van der Waals surface area (Å²) in [7, 11) is 2.17. The summed E-state index contributed by atoms with van der Waals surface area (Å²) in [6.45, 7) is 6.35. The van der Waals surface area contributed by atoms with Crippen molar-refractivity contribution in [3.63, 3.8) is 0 Å². The van der Waals surface area contributed by atoms with Crippen molar-refractivity contribution >= 4 is 28.5 Å². The maximum Gasteiger partial charge on any atom is 0.287 e. The predicted molar refractivity (Wildman–Crippen MR) is 96.7 cm³/mol. The molecule has 0 bridgehead atoms. The molecule has 1 amide bonds. The zero-order valence-electron chi connectivity index (χ0n) is 14.1. The molecule has 6 heteroatoms. The zero-order valence-corrected chi connectivity index (χ0v) is 14.8. The summed E-state index contributed by atoms with van der Waals surface area (Å²) in [5.74, 6) is 0.174. The number of unbranched alkanes of at least 4 members (excludes halogenated alkanes) is 1. The number of amides is 1. The van der Waals surface area contributed by atoms with Crippen LogP contribution in [0.15, 0.2) is 28.7 Å². The third-order valence-corrected chi connectivity index (χ3v) is 4.72. The molecule has 0 radical (unpaired) electrons. The maximum atomic E-state index is 12.1. The molecular weight excluding hydrogens is 326 g/mol. The molecule has 0 aliphatic carbocycles. The summed E-state index contributed by atoms with van der Waals surface area (Å²) in [5, 5.41) is 4.41. The van der Waals surface area contributed by atoms with E-state index in [-0.39, 0.29) is 5.91 Å². The van der Waals surface area contributed by atoms with Crippen LogP contribution in [0.2, 0.25) is 5.02 Å². The summed E-state index contributed by atoms with van der Waals surface area (Å²) < 4.78 is 5.56. The quantitative estimate of drug-likeness (QED) is 0.815. The first-order chi connectivity index (χ1) is 11.6. The van der Waals surface area contributed by atoms with Crippen molar-refractivity contribution in [3.05, 3.63) is 35.0 Å². The van der Waals surface area contributed by atoms with Crippen LogP contribution < -0.4 is 5.32 Å². The number of hydrogen-bond donors (Lipinski definition) is 1. The molecule has 0 spiro atoms. The standard InChI is InChI=1S/C18H24ClN3O2/c1-21-8-10-22(11-9-21)7-3-2-6-20-18(23)17-13-14-12-15(19)4-5-16(14)24-17/h4-5,12-13H,2-3,6-11H2,1H3,(H,20,23). The number of fused-ring (bicyclic) bond motifs is 1. The Morgan fingerprint density at radius 2 is 2.00 bits per heavy atom. The summed E-state index contributed by atoms with van der Waals surface area (Å²) in [4.78, 5) is 17.0. The van der Waals surface area contributed by atoms with Crippen LogP contribution in [-0.2, 0) is 0 Å². The summed E-state index contributed by atoms with van der Waals surface area (Å²) in [6, 6.07) is 7.08. The molecule has 24 heavy (non-hydrogen) atoms. The normalized spacial score (nSPS) is 16.6. The van der Waals surface area contributed by atoms with E-state index in [2.05, 4.69) is 22.2 Å². The number of halogens is 1. The Morgan fingerprint density at radius 3 is 2.79 bits per heavy atom. The topological polar surface area (TPSA) is 48.7 Å². The number of rotatable bonds is 6. The number of furan rings is 1. The Hall–Kier alpha value is -1.56. The van der Waals surface area contributed by atoms with Gasteiger partial charge in [-0.3, -0.25) is 4.79 Å². The molecule has 1 N–H and O–H groups in total. The van der Waals surface area contributed by atoms with Gasteiger partial charge in [-0.05, 0) is 50.7 Å². The molecule has 2 aromatic rings. The Morgan fingerprint density at radius 1 is 1.21 bits per heavy atom. The van der Waals surface area contributed by atoms with Crippen LogP contribution in [0.4, 0.5) is 0 Å². The smallest absolute Gasteiger partial charge is 0.287 e. The first-order valence-corrected chi connectivity index (χ1v) is 8.88. The fraction of sp³-hybridized carbons (Fsp3) is 0.500. The van der Waals surface area contributed by atoms with Crippen LogP contribution in [0, 0.1) is 0 Å². The highest BCUT2D eigenvalue weighted by atomic mass is 35.5. The Bertz CT molecular complexity index is 693. The highest BCUT2D eigenvalue weighted by Crippen LogP contribution is 2.22. The van der Waals surface area contributed by atoms with E-state index >= 15 is 0 Å². The molecule has 1 aromatic heterocycles. The first kappa shape index (κ1) is 17.3. The number of benzene rings is 1. The van der Waals surface area contributed by atoms with Crippen molar-refractivity contribution < 1.29 is 9.21 Å². The van der Waals surface area contributed by atoms with Crippen molar-refractivity contribution in [2.45, 2.75) is 12.8 Å². The highest BCUT2D eigenvalue weighted by Gasteiger charge is 2.14. The van der Waals surface area contributed by atoms with Gasteiger partial charge in [0.2, 0.25) is 0 Å². The minimum Gasteiger partial charge on any atom is -0.451 e. The molecule has 1 fully saturated rings. The lowest BCUT2D eigenvalue weighted by molar-refractivity contribution is 0.0926. The van der Waals surface area contributed by atoms with Gasteiger partial charge in [0, 0.05) is 43.1 Å². The van der Waals surface area contributed by atoms with Crippen molar-refractivity contribution in [1.29, 1.82) is 0 Å². The van der Waals surface area contributed by atoms with E-state index in [0.717, 1.165) is 51.0 Å². The molecule has 1 saturated heterocycles. The largest absolute Gasteiger partial charge is 0.451 e. The van der Waals surface area contributed by atoms with E-state index in [1.165, 1.54) is 0 Å². The maximum absolute atomic E-state index is 12.1. The third-order valence-electron chi connectivity index (χ3n) is 4.48. The minimum absolute atomic E-state index is 0.165. The van der Waals surface area contributed by atoms with Crippen LogP contribution in [0.5, 0.6) is 0 Å². The third kappa shape index (κ3) is 4.50. The molecule has 130 valence electrons. The molecule has 5 nitrogen and oxygen atoms in total. The summed E-state index contributed by atoms with van der Waals surface area (Å²) in [6.07, 6.45) is 2.07. The van der Waals surface area contributed by atoms with Gasteiger partial charge in [-0.1, -0.05) is 11.6 Å². The van der Waals surface area contributed by atoms with Crippen molar-refractivity contribution in [1.82, 2.24) is 15.1 Å². The fourth-order valence-electron chi connectivity index (χ4n) is 2.95. The van der Waals surface area contributed by atoms with E-state index in [9.17, 15) is 4.79 Å². The SMILES string of the molecule is CN1CCN(CCCCNC(=O)c2cc3cc(Cl)ccc3o2)CC1. The number of carbonyl (C=O) groups is 1. The van der Waals surface area contributed by atoms with Gasteiger partial charge in [0.05, 0.1) is 0 Å².